The molecule has 0 bridgehead atoms. The third kappa shape index (κ3) is 3.12. The maximum absolute atomic E-state index is 4.57. The fourth-order valence-corrected chi connectivity index (χ4v) is 2.67. The predicted molar refractivity (Wildman–Crippen MR) is 76.2 cm³/mol. The van der Waals surface area contributed by atoms with E-state index in [1.807, 2.05) is 6.92 Å². The van der Waals surface area contributed by atoms with Gasteiger partial charge in [-0.2, -0.15) is 0 Å². The van der Waals surface area contributed by atoms with E-state index in [-0.39, 0.29) is 0 Å². The number of nitrogens with zero attached hydrogens (tertiary/aromatic N) is 3. The molecule has 1 aliphatic heterocycles. The van der Waals surface area contributed by atoms with Gasteiger partial charge in [-0.15, -0.1) is 0 Å². The lowest BCUT2D eigenvalue weighted by Gasteiger charge is -2.18. The second-order valence-electron chi connectivity index (χ2n) is 5.08. The molecule has 1 atom stereocenters. The molecular formula is C14H24N4. The highest BCUT2D eigenvalue weighted by Gasteiger charge is 2.23. The van der Waals surface area contributed by atoms with Crippen LogP contribution in [0.4, 0.5) is 11.6 Å². The number of aryl methyl sites for hydroxylation is 1. The van der Waals surface area contributed by atoms with Crippen molar-refractivity contribution >= 4 is 11.6 Å². The summed E-state index contributed by atoms with van der Waals surface area (Å²) in [5.74, 6) is 3.71. The van der Waals surface area contributed by atoms with Crippen molar-refractivity contribution in [3.63, 3.8) is 0 Å². The molecule has 4 nitrogen and oxygen atoms in total. The lowest BCUT2D eigenvalue weighted by molar-refractivity contribution is 0.529. The second kappa shape index (κ2) is 6.03. The van der Waals surface area contributed by atoms with Crippen molar-refractivity contribution in [2.45, 2.75) is 40.0 Å². The van der Waals surface area contributed by atoms with E-state index < -0.39 is 0 Å². The third-order valence-corrected chi connectivity index (χ3v) is 3.49. The van der Waals surface area contributed by atoms with Gasteiger partial charge in [-0.05, 0) is 32.6 Å². The predicted octanol–water partition coefficient (Wildman–Crippen LogP) is 2.84. The lowest BCUT2D eigenvalue weighted by Crippen LogP contribution is -2.21. The second-order valence-corrected chi connectivity index (χ2v) is 5.08. The highest BCUT2D eigenvalue weighted by Crippen LogP contribution is 2.26. The van der Waals surface area contributed by atoms with Gasteiger partial charge in [0, 0.05) is 25.7 Å². The quantitative estimate of drug-likeness (QED) is 0.870. The van der Waals surface area contributed by atoms with Gasteiger partial charge in [0.15, 0.2) is 0 Å². The first-order valence-corrected chi connectivity index (χ1v) is 7.07. The summed E-state index contributed by atoms with van der Waals surface area (Å²) in [4.78, 5) is 11.4. The Labute approximate surface area is 110 Å². The SMILES string of the molecule is CCCC1CCN(c2cc(NCC)nc(C)n2)C1. The van der Waals surface area contributed by atoms with E-state index in [2.05, 4.69) is 40.1 Å². The molecule has 4 heteroatoms. The molecule has 2 heterocycles. The molecule has 0 amide bonds. The Morgan fingerprint density at radius 2 is 2.22 bits per heavy atom. The van der Waals surface area contributed by atoms with Gasteiger partial charge < -0.3 is 10.2 Å². The molecule has 1 aliphatic rings. The zero-order chi connectivity index (χ0) is 13.0. The van der Waals surface area contributed by atoms with Gasteiger partial charge in [-0.3, -0.25) is 0 Å². The van der Waals surface area contributed by atoms with Crippen LogP contribution in [-0.4, -0.2) is 29.6 Å². The Balaban J connectivity index is 2.08. The van der Waals surface area contributed by atoms with Crippen LogP contribution in [0.3, 0.4) is 0 Å². The van der Waals surface area contributed by atoms with E-state index in [0.29, 0.717) is 0 Å². The van der Waals surface area contributed by atoms with Gasteiger partial charge in [0.2, 0.25) is 0 Å². The van der Waals surface area contributed by atoms with Gasteiger partial charge in [-0.25, -0.2) is 9.97 Å². The van der Waals surface area contributed by atoms with Crippen molar-refractivity contribution in [2.75, 3.05) is 29.9 Å². The third-order valence-electron chi connectivity index (χ3n) is 3.49. The summed E-state index contributed by atoms with van der Waals surface area (Å²) < 4.78 is 0. The van der Waals surface area contributed by atoms with Crippen LogP contribution >= 0.6 is 0 Å². The molecule has 0 radical (unpaired) electrons. The van der Waals surface area contributed by atoms with E-state index >= 15 is 0 Å². The molecule has 1 fully saturated rings. The fraction of sp³-hybridized carbons (Fsp3) is 0.714. The van der Waals surface area contributed by atoms with Crippen molar-refractivity contribution in [3.05, 3.63) is 11.9 Å². The molecule has 1 N–H and O–H groups in total. The van der Waals surface area contributed by atoms with E-state index in [9.17, 15) is 0 Å². The van der Waals surface area contributed by atoms with Crippen LogP contribution in [0.1, 0.15) is 38.9 Å². The van der Waals surface area contributed by atoms with Crippen LogP contribution in [0.25, 0.3) is 0 Å². The highest BCUT2D eigenvalue weighted by molar-refractivity contribution is 5.50. The molecule has 0 spiro atoms. The molecule has 0 saturated carbocycles. The minimum absolute atomic E-state index is 0.841. The first-order chi connectivity index (χ1) is 8.72. The molecule has 2 rings (SSSR count). The number of anilines is 2. The van der Waals surface area contributed by atoms with Crippen molar-refractivity contribution in [2.24, 2.45) is 5.92 Å². The van der Waals surface area contributed by atoms with Crippen LogP contribution in [0.2, 0.25) is 0 Å². The summed E-state index contributed by atoms with van der Waals surface area (Å²) in [7, 11) is 0. The summed E-state index contributed by atoms with van der Waals surface area (Å²) in [5, 5.41) is 3.27. The molecule has 0 aromatic carbocycles. The normalized spacial score (nSPS) is 19.3. The van der Waals surface area contributed by atoms with Crippen molar-refractivity contribution in [3.8, 4) is 0 Å². The Morgan fingerprint density at radius 1 is 1.39 bits per heavy atom. The van der Waals surface area contributed by atoms with Crippen molar-refractivity contribution < 1.29 is 0 Å². The first kappa shape index (κ1) is 13.1. The average molecular weight is 248 g/mol. The Hall–Kier alpha value is -1.32. The number of rotatable bonds is 5. The summed E-state index contributed by atoms with van der Waals surface area (Å²) >= 11 is 0. The average Bonchev–Trinajstić information content (AvgIpc) is 2.78. The van der Waals surface area contributed by atoms with Crippen molar-refractivity contribution in [1.82, 2.24) is 9.97 Å². The van der Waals surface area contributed by atoms with Gasteiger partial charge in [0.1, 0.15) is 17.5 Å². The zero-order valence-electron chi connectivity index (χ0n) is 11.7. The summed E-state index contributed by atoms with van der Waals surface area (Å²) in [5.41, 5.74) is 0. The Morgan fingerprint density at radius 3 is 2.94 bits per heavy atom. The largest absolute Gasteiger partial charge is 0.370 e. The Kier molecular flexibility index (Phi) is 4.39. The van der Waals surface area contributed by atoms with Gasteiger partial charge in [0.05, 0.1) is 0 Å². The summed E-state index contributed by atoms with van der Waals surface area (Å²) in [6.07, 6.45) is 3.91. The number of hydrogen-bond donors (Lipinski definition) is 1. The molecule has 1 aromatic heterocycles. The first-order valence-electron chi connectivity index (χ1n) is 7.07. The minimum atomic E-state index is 0.841. The van der Waals surface area contributed by atoms with Crippen LogP contribution < -0.4 is 10.2 Å². The minimum Gasteiger partial charge on any atom is -0.370 e. The van der Waals surface area contributed by atoms with Gasteiger partial charge in [0.25, 0.3) is 0 Å². The monoisotopic (exact) mass is 248 g/mol. The zero-order valence-corrected chi connectivity index (χ0v) is 11.7. The number of aromatic nitrogens is 2. The van der Waals surface area contributed by atoms with Crippen LogP contribution in [0.5, 0.6) is 0 Å². The molecular weight excluding hydrogens is 224 g/mol. The van der Waals surface area contributed by atoms with E-state index in [1.165, 1.54) is 19.3 Å². The molecule has 100 valence electrons. The Bertz CT molecular complexity index is 391. The lowest BCUT2D eigenvalue weighted by atomic mass is 10.0. The fourth-order valence-electron chi connectivity index (χ4n) is 2.67. The maximum atomic E-state index is 4.57. The van der Waals surface area contributed by atoms with E-state index in [4.69, 9.17) is 0 Å². The summed E-state index contributed by atoms with van der Waals surface area (Å²) in [6.45, 7) is 9.49. The number of hydrogen-bond acceptors (Lipinski definition) is 4. The maximum Gasteiger partial charge on any atom is 0.134 e. The van der Waals surface area contributed by atoms with Gasteiger partial charge in [-0.1, -0.05) is 13.3 Å². The summed E-state index contributed by atoms with van der Waals surface area (Å²) in [6, 6.07) is 2.07. The standard InChI is InChI=1S/C14H24N4/c1-4-6-12-7-8-18(10-12)14-9-13(15-5-2)16-11(3)17-14/h9,12H,4-8,10H2,1-3H3,(H,15,16,17). The molecule has 0 aliphatic carbocycles. The molecule has 18 heavy (non-hydrogen) atoms. The molecule has 1 aromatic rings. The van der Waals surface area contributed by atoms with Crippen LogP contribution in [0.15, 0.2) is 6.07 Å². The highest BCUT2D eigenvalue weighted by atomic mass is 15.2. The molecule has 1 unspecified atom stereocenters. The van der Waals surface area contributed by atoms with E-state index in [0.717, 1.165) is 43.0 Å². The van der Waals surface area contributed by atoms with Crippen LogP contribution in [-0.2, 0) is 0 Å². The van der Waals surface area contributed by atoms with Crippen LogP contribution in [0, 0.1) is 12.8 Å². The van der Waals surface area contributed by atoms with Gasteiger partial charge >= 0.3 is 0 Å². The molecule has 1 saturated heterocycles. The topological polar surface area (TPSA) is 41.0 Å². The van der Waals surface area contributed by atoms with Crippen molar-refractivity contribution in [1.29, 1.82) is 0 Å². The van der Waals surface area contributed by atoms with E-state index in [1.54, 1.807) is 0 Å². The smallest absolute Gasteiger partial charge is 0.134 e. The number of nitrogens with one attached hydrogen (secondary N) is 1.